The molecule has 1 aromatic carbocycles. The summed E-state index contributed by atoms with van der Waals surface area (Å²) >= 11 is 0. The van der Waals surface area contributed by atoms with Crippen molar-refractivity contribution in [3.63, 3.8) is 0 Å². The van der Waals surface area contributed by atoms with Gasteiger partial charge >= 0.3 is 0 Å². The van der Waals surface area contributed by atoms with E-state index in [1.54, 1.807) is 10.9 Å². The summed E-state index contributed by atoms with van der Waals surface area (Å²) in [5.41, 5.74) is 10.7. The van der Waals surface area contributed by atoms with E-state index in [0.717, 1.165) is 40.9 Å². The number of pyridine rings is 1. The molecule has 1 aliphatic carbocycles. The van der Waals surface area contributed by atoms with Crippen LogP contribution < -0.4 is 5.73 Å². The molecule has 0 unspecified atom stereocenters. The molecule has 0 aliphatic heterocycles. The van der Waals surface area contributed by atoms with Gasteiger partial charge in [0, 0.05) is 25.0 Å². The Hall–Kier alpha value is -3.48. The van der Waals surface area contributed by atoms with Crippen molar-refractivity contribution < 1.29 is 4.52 Å². The minimum Gasteiger partial charge on any atom is -0.383 e. The molecule has 0 saturated heterocycles. The summed E-state index contributed by atoms with van der Waals surface area (Å²) in [5, 5.41) is 8.56. The van der Waals surface area contributed by atoms with Crippen molar-refractivity contribution in [2.75, 3.05) is 5.73 Å². The van der Waals surface area contributed by atoms with Crippen LogP contribution in [0.5, 0.6) is 0 Å². The van der Waals surface area contributed by atoms with Gasteiger partial charge < -0.3 is 10.3 Å². The number of anilines is 1. The van der Waals surface area contributed by atoms with Gasteiger partial charge in [-0.3, -0.25) is 4.68 Å². The lowest BCUT2D eigenvalue weighted by Crippen LogP contribution is -2.28. The topological polar surface area (TPSA) is 95.6 Å². The highest BCUT2D eigenvalue weighted by molar-refractivity contribution is 5.66. The molecular weight excluding hydrogens is 376 g/mol. The minimum absolute atomic E-state index is 0.294. The van der Waals surface area contributed by atoms with Crippen molar-refractivity contribution in [3.05, 3.63) is 65.9 Å². The number of nitrogens with zero attached hydrogens (tertiary/aromatic N) is 5. The van der Waals surface area contributed by atoms with Crippen LogP contribution in [0.15, 0.2) is 53.4 Å². The second-order valence-electron chi connectivity index (χ2n) is 8.31. The number of aryl methyl sites for hydroxylation is 2. The molecule has 3 aromatic heterocycles. The zero-order valence-corrected chi connectivity index (χ0v) is 17.3. The van der Waals surface area contributed by atoms with E-state index < -0.39 is 0 Å². The first-order valence-corrected chi connectivity index (χ1v) is 10.1. The van der Waals surface area contributed by atoms with Crippen LogP contribution in [0.3, 0.4) is 0 Å². The van der Waals surface area contributed by atoms with Crippen LogP contribution in [-0.4, -0.2) is 24.9 Å². The highest BCUT2D eigenvalue weighted by atomic mass is 16.5. The van der Waals surface area contributed by atoms with Gasteiger partial charge in [0.05, 0.1) is 17.2 Å². The van der Waals surface area contributed by atoms with Gasteiger partial charge in [-0.25, -0.2) is 4.98 Å². The standard InChI is InChI=1S/C23H24N6O/c1-14-10-16(11-25-20(14)24)15-4-6-18(7-5-15)23(2,19-8-9-19)22-27-21(30-28-22)17-12-26-29(3)13-17/h4-7,10-13,19H,8-9H2,1-3H3,(H2,24,25)/t23-/m0/s1. The summed E-state index contributed by atoms with van der Waals surface area (Å²) in [6, 6.07) is 10.7. The molecule has 3 heterocycles. The fraction of sp³-hybridized carbons (Fsp3) is 0.304. The fourth-order valence-electron chi connectivity index (χ4n) is 4.04. The molecule has 1 fully saturated rings. The van der Waals surface area contributed by atoms with E-state index in [9.17, 15) is 0 Å². The van der Waals surface area contributed by atoms with E-state index in [4.69, 9.17) is 15.2 Å². The predicted octanol–water partition coefficient (Wildman–Crippen LogP) is 4.14. The molecule has 0 radical (unpaired) electrons. The maximum Gasteiger partial charge on any atom is 0.261 e. The molecule has 152 valence electrons. The third-order valence-corrected chi connectivity index (χ3v) is 6.17. The van der Waals surface area contributed by atoms with Gasteiger partial charge in [-0.2, -0.15) is 10.1 Å². The first-order chi connectivity index (χ1) is 14.4. The van der Waals surface area contributed by atoms with Crippen LogP contribution in [0.25, 0.3) is 22.6 Å². The number of hydrogen-bond donors (Lipinski definition) is 1. The van der Waals surface area contributed by atoms with E-state index in [1.165, 1.54) is 5.56 Å². The molecule has 1 atom stereocenters. The Kier molecular flexibility index (Phi) is 4.20. The van der Waals surface area contributed by atoms with Crippen molar-refractivity contribution >= 4 is 5.82 Å². The van der Waals surface area contributed by atoms with Crippen LogP contribution in [0, 0.1) is 12.8 Å². The molecule has 7 heteroatoms. The normalized spacial score (nSPS) is 15.8. The summed E-state index contributed by atoms with van der Waals surface area (Å²) in [4.78, 5) is 9.03. The van der Waals surface area contributed by atoms with Gasteiger partial charge in [-0.05, 0) is 55.4 Å². The van der Waals surface area contributed by atoms with Crippen LogP contribution in [-0.2, 0) is 12.5 Å². The molecule has 0 bridgehead atoms. The number of hydrogen-bond acceptors (Lipinski definition) is 6. The molecule has 1 aliphatic rings. The number of benzene rings is 1. The Morgan fingerprint density at radius 1 is 1.10 bits per heavy atom. The van der Waals surface area contributed by atoms with Crippen molar-refractivity contribution in [3.8, 4) is 22.6 Å². The van der Waals surface area contributed by atoms with Gasteiger partial charge in [0.25, 0.3) is 5.89 Å². The predicted molar refractivity (Wildman–Crippen MR) is 115 cm³/mol. The molecule has 30 heavy (non-hydrogen) atoms. The average Bonchev–Trinajstić information content (AvgIpc) is 3.33. The summed E-state index contributed by atoms with van der Waals surface area (Å²) in [6.07, 6.45) is 7.76. The van der Waals surface area contributed by atoms with Gasteiger partial charge in [-0.15, -0.1) is 0 Å². The Morgan fingerprint density at radius 2 is 1.87 bits per heavy atom. The maximum absolute atomic E-state index is 5.86. The molecule has 1 saturated carbocycles. The van der Waals surface area contributed by atoms with Gasteiger partial charge in [0.1, 0.15) is 5.82 Å². The van der Waals surface area contributed by atoms with Crippen LogP contribution in [0.2, 0.25) is 0 Å². The Bertz CT molecular complexity index is 1200. The summed E-state index contributed by atoms with van der Waals surface area (Å²) in [7, 11) is 1.87. The quantitative estimate of drug-likeness (QED) is 0.541. The monoisotopic (exact) mass is 400 g/mol. The second-order valence-corrected chi connectivity index (χ2v) is 8.31. The van der Waals surface area contributed by atoms with Crippen molar-refractivity contribution in [1.82, 2.24) is 24.9 Å². The molecule has 0 spiro atoms. The van der Waals surface area contributed by atoms with E-state index in [1.807, 2.05) is 26.4 Å². The lowest BCUT2D eigenvalue weighted by Gasteiger charge is -2.27. The average molecular weight is 400 g/mol. The van der Waals surface area contributed by atoms with Gasteiger partial charge in [0.15, 0.2) is 5.82 Å². The molecule has 7 nitrogen and oxygen atoms in total. The summed E-state index contributed by atoms with van der Waals surface area (Å²) in [6.45, 7) is 4.19. The number of nitrogens with two attached hydrogens (primary N) is 1. The van der Waals surface area contributed by atoms with E-state index in [2.05, 4.69) is 52.5 Å². The van der Waals surface area contributed by atoms with E-state index in [0.29, 0.717) is 17.6 Å². The van der Waals surface area contributed by atoms with Gasteiger partial charge in [0.2, 0.25) is 0 Å². The largest absolute Gasteiger partial charge is 0.383 e. The molecule has 5 rings (SSSR count). The van der Waals surface area contributed by atoms with Gasteiger partial charge in [-0.1, -0.05) is 29.4 Å². The Balaban J connectivity index is 1.50. The number of rotatable bonds is 5. The summed E-state index contributed by atoms with van der Waals surface area (Å²) in [5.74, 6) is 2.30. The zero-order valence-electron chi connectivity index (χ0n) is 17.3. The molecule has 0 amide bonds. The second kappa shape index (κ2) is 6.79. The highest BCUT2D eigenvalue weighted by Crippen LogP contribution is 2.50. The first kappa shape index (κ1) is 18.5. The SMILES string of the molecule is Cc1cc(-c2ccc([C@](C)(c3noc(-c4cnn(C)c4)n3)C3CC3)cc2)cnc1N. The van der Waals surface area contributed by atoms with Crippen molar-refractivity contribution in [2.45, 2.75) is 32.1 Å². The number of aromatic nitrogens is 5. The third-order valence-electron chi connectivity index (χ3n) is 6.17. The third kappa shape index (κ3) is 3.07. The Labute approximate surface area is 175 Å². The van der Waals surface area contributed by atoms with Crippen molar-refractivity contribution in [1.29, 1.82) is 0 Å². The maximum atomic E-state index is 5.86. The Morgan fingerprint density at radius 3 is 2.50 bits per heavy atom. The lowest BCUT2D eigenvalue weighted by molar-refractivity contribution is 0.386. The van der Waals surface area contributed by atoms with Crippen molar-refractivity contribution in [2.24, 2.45) is 13.0 Å². The molecule has 4 aromatic rings. The van der Waals surface area contributed by atoms with Crippen LogP contribution >= 0.6 is 0 Å². The molecular formula is C23H24N6O. The van der Waals surface area contributed by atoms with E-state index in [-0.39, 0.29) is 5.41 Å². The zero-order chi connectivity index (χ0) is 20.9. The number of nitrogen functional groups attached to an aromatic ring is 1. The molecule has 2 N–H and O–H groups in total. The van der Waals surface area contributed by atoms with Crippen LogP contribution in [0.1, 0.15) is 36.7 Å². The fourth-order valence-corrected chi connectivity index (χ4v) is 4.04. The minimum atomic E-state index is -0.294. The summed E-state index contributed by atoms with van der Waals surface area (Å²) < 4.78 is 7.32. The highest BCUT2D eigenvalue weighted by Gasteiger charge is 2.47. The smallest absolute Gasteiger partial charge is 0.261 e. The van der Waals surface area contributed by atoms with Crippen LogP contribution in [0.4, 0.5) is 5.82 Å². The lowest BCUT2D eigenvalue weighted by atomic mass is 9.76. The first-order valence-electron chi connectivity index (χ1n) is 10.1. The van der Waals surface area contributed by atoms with E-state index >= 15 is 0 Å².